The molecule has 1 nitrogen and oxygen atoms in total. The van der Waals surface area contributed by atoms with Crippen molar-refractivity contribution in [3.05, 3.63) is 30.3 Å². The molecule has 0 aliphatic heterocycles. The molecular formula is C12H16OS3. The third-order valence-electron chi connectivity index (χ3n) is 2.28. The minimum atomic E-state index is -0.293. The number of thiocarbonyl (C=S) groups is 1. The lowest BCUT2D eigenvalue weighted by Crippen LogP contribution is -2.24. The molecule has 1 aromatic carbocycles. The van der Waals surface area contributed by atoms with Crippen LogP contribution in [-0.2, 0) is 0 Å². The molecule has 0 radical (unpaired) electrons. The number of ether oxygens (including phenoxy) is 1. The maximum absolute atomic E-state index is 5.58. The van der Waals surface area contributed by atoms with E-state index >= 15 is 0 Å². The molecule has 1 atom stereocenters. The molecule has 0 aliphatic carbocycles. The molecule has 1 aromatic rings. The van der Waals surface area contributed by atoms with E-state index in [1.165, 1.54) is 0 Å². The lowest BCUT2D eigenvalue weighted by Gasteiger charge is -2.21. The zero-order chi connectivity index (χ0) is 12.0. The van der Waals surface area contributed by atoms with Gasteiger partial charge in [0.05, 0.1) is 15.6 Å². The number of para-hydroxylation sites is 1. The first kappa shape index (κ1) is 13.9. The Bertz CT molecular complexity index is 335. The van der Waals surface area contributed by atoms with E-state index in [4.69, 9.17) is 17.0 Å². The zero-order valence-electron chi connectivity index (χ0n) is 9.22. The molecule has 4 heteroatoms. The average molecular weight is 272 g/mol. The first-order chi connectivity index (χ1) is 7.52. The molecule has 0 bridgehead atoms. The van der Waals surface area contributed by atoms with Crippen LogP contribution in [0.3, 0.4) is 0 Å². The lowest BCUT2D eigenvalue weighted by atomic mass is 10.1. The summed E-state index contributed by atoms with van der Waals surface area (Å²) in [7, 11) is 0. The van der Waals surface area contributed by atoms with E-state index in [0.29, 0.717) is 10.8 Å². The highest BCUT2D eigenvalue weighted by atomic mass is 32.1. The third kappa shape index (κ3) is 4.76. The van der Waals surface area contributed by atoms with Gasteiger partial charge in [0.1, 0.15) is 5.75 Å². The standard InChI is InChI=1S/C12H16OS3/c1-12(16,11(14)15)8-5-9-13-10-6-3-2-4-7-10/h2-4,6-7,16H,5,8-9H2,1H3,(H,14,15). The number of hydrogen-bond donors (Lipinski definition) is 2. The predicted octanol–water partition coefficient (Wildman–Crippen LogP) is 3.79. The Labute approximate surface area is 113 Å². The van der Waals surface area contributed by atoms with Crippen LogP contribution in [0.5, 0.6) is 5.75 Å². The van der Waals surface area contributed by atoms with Crippen LogP contribution < -0.4 is 4.74 Å². The smallest absolute Gasteiger partial charge is 0.119 e. The molecule has 88 valence electrons. The van der Waals surface area contributed by atoms with Gasteiger partial charge in [-0.25, -0.2) is 0 Å². The van der Waals surface area contributed by atoms with Crippen LogP contribution in [0.15, 0.2) is 30.3 Å². The van der Waals surface area contributed by atoms with Crippen molar-refractivity contribution in [3.63, 3.8) is 0 Å². The minimum Gasteiger partial charge on any atom is -0.494 e. The van der Waals surface area contributed by atoms with Crippen molar-refractivity contribution in [3.8, 4) is 5.75 Å². The van der Waals surface area contributed by atoms with Gasteiger partial charge in [-0.05, 0) is 31.9 Å². The molecule has 0 aliphatic rings. The molecular weight excluding hydrogens is 256 g/mol. The summed E-state index contributed by atoms with van der Waals surface area (Å²) in [6.45, 7) is 2.66. The van der Waals surface area contributed by atoms with Gasteiger partial charge in [0.2, 0.25) is 0 Å². The highest BCUT2D eigenvalue weighted by molar-refractivity contribution is 8.13. The summed E-state index contributed by atoms with van der Waals surface area (Å²) in [6, 6.07) is 9.78. The number of rotatable bonds is 6. The Balaban J connectivity index is 2.25. The summed E-state index contributed by atoms with van der Waals surface area (Å²) < 4.78 is 5.92. The van der Waals surface area contributed by atoms with Crippen molar-refractivity contribution >= 4 is 41.7 Å². The largest absolute Gasteiger partial charge is 0.494 e. The first-order valence-corrected chi connectivity index (χ1v) is 6.46. The van der Waals surface area contributed by atoms with E-state index < -0.39 is 0 Å². The molecule has 0 saturated carbocycles. The fraction of sp³-hybridized carbons (Fsp3) is 0.417. The highest BCUT2D eigenvalue weighted by Gasteiger charge is 2.21. The van der Waals surface area contributed by atoms with Crippen molar-refractivity contribution < 1.29 is 4.74 Å². The summed E-state index contributed by atoms with van der Waals surface area (Å²) in [4.78, 5) is 0. The van der Waals surface area contributed by atoms with E-state index in [0.717, 1.165) is 18.6 Å². The SMILES string of the molecule is CC(S)(CCCOc1ccccc1)C(=S)S. The minimum absolute atomic E-state index is 0.293. The number of benzene rings is 1. The topological polar surface area (TPSA) is 9.23 Å². The molecule has 0 heterocycles. The lowest BCUT2D eigenvalue weighted by molar-refractivity contribution is 0.305. The third-order valence-corrected chi connectivity index (χ3v) is 4.00. The molecule has 0 amide bonds. The summed E-state index contributed by atoms with van der Waals surface area (Å²) in [5.41, 5.74) is 0. The van der Waals surface area contributed by atoms with Gasteiger partial charge in [0.25, 0.3) is 0 Å². The van der Waals surface area contributed by atoms with Crippen molar-refractivity contribution in [2.24, 2.45) is 0 Å². The van der Waals surface area contributed by atoms with Crippen LogP contribution in [0, 0.1) is 0 Å². The van der Waals surface area contributed by atoms with Crippen LogP contribution in [0.4, 0.5) is 0 Å². The normalized spacial score (nSPS) is 14.2. The molecule has 16 heavy (non-hydrogen) atoms. The van der Waals surface area contributed by atoms with Crippen LogP contribution in [0.1, 0.15) is 19.8 Å². The monoisotopic (exact) mass is 272 g/mol. The van der Waals surface area contributed by atoms with Crippen LogP contribution >= 0.6 is 37.5 Å². The summed E-state index contributed by atoms with van der Waals surface area (Å²) >= 11 is 13.7. The average Bonchev–Trinajstić information content (AvgIpc) is 2.26. The van der Waals surface area contributed by atoms with Crippen molar-refractivity contribution in [2.45, 2.75) is 24.5 Å². The van der Waals surface area contributed by atoms with E-state index in [2.05, 4.69) is 25.3 Å². The molecule has 1 unspecified atom stereocenters. The highest BCUT2D eigenvalue weighted by Crippen LogP contribution is 2.24. The first-order valence-electron chi connectivity index (χ1n) is 5.16. The maximum atomic E-state index is 5.58. The van der Waals surface area contributed by atoms with E-state index in [1.54, 1.807) is 0 Å². The van der Waals surface area contributed by atoms with Gasteiger partial charge in [0.15, 0.2) is 0 Å². The van der Waals surface area contributed by atoms with Crippen molar-refractivity contribution in [1.29, 1.82) is 0 Å². The Morgan fingerprint density at radius 2 is 2.00 bits per heavy atom. The molecule has 0 aromatic heterocycles. The Hall–Kier alpha value is -0.190. The number of hydrogen-bond acceptors (Lipinski definition) is 3. The van der Waals surface area contributed by atoms with Crippen LogP contribution in [0.25, 0.3) is 0 Å². The number of thiol groups is 2. The van der Waals surface area contributed by atoms with E-state index in [1.807, 2.05) is 37.3 Å². The second-order valence-corrected chi connectivity index (χ2v) is 5.99. The summed E-state index contributed by atoms with van der Waals surface area (Å²) in [5, 5.41) is 0. The van der Waals surface area contributed by atoms with Gasteiger partial charge < -0.3 is 4.74 Å². The Kier molecular flexibility index (Phi) is 5.66. The molecule has 0 N–H and O–H groups in total. The fourth-order valence-corrected chi connectivity index (χ4v) is 1.60. The van der Waals surface area contributed by atoms with Crippen molar-refractivity contribution in [1.82, 2.24) is 0 Å². The van der Waals surface area contributed by atoms with Gasteiger partial charge in [-0.15, -0.1) is 12.6 Å². The molecule has 1 rings (SSSR count). The second-order valence-electron chi connectivity index (χ2n) is 3.84. The van der Waals surface area contributed by atoms with Crippen LogP contribution in [0.2, 0.25) is 0 Å². The van der Waals surface area contributed by atoms with Gasteiger partial charge in [-0.2, -0.15) is 12.6 Å². The van der Waals surface area contributed by atoms with Gasteiger partial charge in [-0.3, -0.25) is 0 Å². The van der Waals surface area contributed by atoms with Gasteiger partial charge in [0, 0.05) is 0 Å². The van der Waals surface area contributed by atoms with E-state index in [-0.39, 0.29) is 4.75 Å². The quantitative estimate of drug-likeness (QED) is 0.463. The second kappa shape index (κ2) is 6.52. The Morgan fingerprint density at radius 3 is 2.56 bits per heavy atom. The molecule has 0 spiro atoms. The fourth-order valence-electron chi connectivity index (χ4n) is 1.23. The maximum Gasteiger partial charge on any atom is 0.119 e. The molecule has 0 fully saturated rings. The zero-order valence-corrected chi connectivity index (χ0v) is 11.8. The Morgan fingerprint density at radius 1 is 1.38 bits per heavy atom. The summed E-state index contributed by atoms with van der Waals surface area (Å²) in [5.74, 6) is 0.900. The van der Waals surface area contributed by atoms with E-state index in [9.17, 15) is 0 Å². The summed E-state index contributed by atoms with van der Waals surface area (Å²) in [6.07, 6.45) is 1.78. The predicted molar refractivity (Wildman–Crippen MR) is 80.1 cm³/mol. The van der Waals surface area contributed by atoms with Crippen molar-refractivity contribution in [2.75, 3.05) is 6.61 Å². The van der Waals surface area contributed by atoms with Gasteiger partial charge >= 0.3 is 0 Å². The molecule has 0 saturated heterocycles. The van der Waals surface area contributed by atoms with Crippen LogP contribution in [-0.4, -0.2) is 15.6 Å². The van der Waals surface area contributed by atoms with Gasteiger partial charge in [-0.1, -0.05) is 30.4 Å².